The third-order valence-electron chi connectivity index (χ3n) is 2.86. The normalized spacial score (nSPS) is 10.3. The van der Waals surface area contributed by atoms with E-state index in [0.717, 1.165) is 17.1 Å². The van der Waals surface area contributed by atoms with Gasteiger partial charge in [0, 0.05) is 11.0 Å². The Balaban J connectivity index is 2.18. The minimum atomic E-state index is -1.22. The van der Waals surface area contributed by atoms with E-state index in [4.69, 9.17) is 0 Å². The highest BCUT2D eigenvalue weighted by Crippen LogP contribution is 2.22. The number of ether oxygens (including phenoxy) is 1. The van der Waals surface area contributed by atoms with E-state index in [1.165, 1.54) is 12.1 Å². The summed E-state index contributed by atoms with van der Waals surface area (Å²) in [6.07, 6.45) is 0. The first-order valence-electron chi connectivity index (χ1n) is 6.07. The smallest absolute Gasteiger partial charge is 0.340 e. The van der Waals surface area contributed by atoms with Gasteiger partial charge in [0.25, 0.3) is 0 Å². The van der Waals surface area contributed by atoms with Crippen LogP contribution in [0.3, 0.4) is 0 Å². The fourth-order valence-corrected chi connectivity index (χ4v) is 2.24. The monoisotopic (exact) mass is 355 g/mol. The number of halogens is 3. The number of esters is 1. The van der Waals surface area contributed by atoms with Crippen molar-refractivity contribution in [2.45, 2.75) is 6.54 Å². The molecule has 0 aliphatic carbocycles. The molecule has 2 aromatic carbocycles. The average molecular weight is 356 g/mol. The van der Waals surface area contributed by atoms with Gasteiger partial charge in [0.15, 0.2) is 11.6 Å². The van der Waals surface area contributed by atoms with Gasteiger partial charge in [0.2, 0.25) is 0 Å². The summed E-state index contributed by atoms with van der Waals surface area (Å²) in [5, 5.41) is 2.79. The van der Waals surface area contributed by atoms with Crippen LogP contribution < -0.4 is 5.32 Å². The number of methoxy groups -OCH3 is 1. The molecule has 2 aromatic rings. The number of hydrogen-bond acceptors (Lipinski definition) is 3. The second-order valence-electron chi connectivity index (χ2n) is 4.26. The predicted molar refractivity (Wildman–Crippen MR) is 79.2 cm³/mol. The van der Waals surface area contributed by atoms with Gasteiger partial charge in [-0.2, -0.15) is 0 Å². The highest BCUT2D eigenvalue weighted by atomic mass is 79.9. The van der Waals surface area contributed by atoms with E-state index < -0.39 is 23.2 Å². The molecular formula is C15H12BrF2NO2. The summed E-state index contributed by atoms with van der Waals surface area (Å²) in [6, 6.07) is 9.93. The molecule has 0 aromatic heterocycles. The van der Waals surface area contributed by atoms with Crippen molar-refractivity contribution in [3.05, 3.63) is 63.6 Å². The van der Waals surface area contributed by atoms with Crippen LogP contribution >= 0.6 is 15.9 Å². The van der Waals surface area contributed by atoms with Crippen LogP contribution in [-0.2, 0) is 11.3 Å². The van der Waals surface area contributed by atoms with Gasteiger partial charge in [-0.3, -0.25) is 0 Å². The lowest BCUT2D eigenvalue weighted by molar-refractivity contribution is 0.0594. The van der Waals surface area contributed by atoms with Crippen LogP contribution in [0.2, 0.25) is 0 Å². The number of carbonyl (C=O) groups is 1. The molecule has 2 rings (SSSR count). The Morgan fingerprint density at radius 1 is 1.24 bits per heavy atom. The number of hydrogen-bond donors (Lipinski definition) is 1. The molecule has 0 bridgehead atoms. The SMILES string of the molecule is COC(=O)c1ccc(NCc2cccc(Br)c2)c(F)c1F. The molecule has 0 unspecified atom stereocenters. The number of rotatable bonds is 4. The van der Waals surface area contributed by atoms with Crippen molar-refractivity contribution in [3.8, 4) is 0 Å². The molecule has 21 heavy (non-hydrogen) atoms. The maximum atomic E-state index is 13.9. The first kappa shape index (κ1) is 15.4. The molecule has 0 fully saturated rings. The number of benzene rings is 2. The van der Waals surface area contributed by atoms with Crippen molar-refractivity contribution in [1.29, 1.82) is 0 Å². The van der Waals surface area contributed by atoms with E-state index in [1.807, 2.05) is 24.3 Å². The summed E-state index contributed by atoms with van der Waals surface area (Å²) < 4.78 is 32.9. The first-order chi connectivity index (χ1) is 10.0. The number of anilines is 1. The van der Waals surface area contributed by atoms with Crippen molar-refractivity contribution in [3.63, 3.8) is 0 Å². The fraction of sp³-hybridized carbons (Fsp3) is 0.133. The van der Waals surface area contributed by atoms with Crippen LogP contribution in [0.25, 0.3) is 0 Å². The molecule has 0 atom stereocenters. The molecule has 0 saturated carbocycles. The Bertz CT molecular complexity index is 677. The van der Waals surface area contributed by atoms with E-state index in [-0.39, 0.29) is 5.69 Å². The maximum absolute atomic E-state index is 13.9. The third-order valence-corrected chi connectivity index (χ3v) is 3.35. The van der Waals surface area contributed by atoms with Crippen molar-refractivity contribution >= 4 is 27.6 Å². The quantitative estimate of drug-likeness (QED) is 0.838. The molecule has 0 aliphatic rings. The zero-order chi connectivity index (χ0) is 15.4. The topological polar surface area (TPSA) is 38.3 Å². The van der Waals surface area contributed by atoms with E-state index in [1.54, 1.807) is 0 Å². The van der Waals surface area contributed by atoms with E-state index in [0.29, 0.717) is 6.54 Å². The van der Waals surface area contributed by atoms with Crippen molar-refractivity contribution in [2.75, 3.05) is 12.4 Å². The van der Waals surface area contributed by atoms with Crippen LogP contribution in [0.15, 0.2) is 40.9 Å². The average Bonchev–Trinajstić information content (AvgIpc) is 2.48. The Morgan fingerprint density at radius 2 is 2.00 bits per heavy atom. The number of carbonyl (C=O) groups excluding carboxylic acids is 1. The third kappa shape index (κ3) is 3.58. The van der Waals surface area contributed by atoms with Gasteiger partial charge < -0.3 is 10.1 Å². The Hall–Kier alpha value is -1.95. The summed E-state index contributed by atoms with van der Waals surface area (Å²) >= 11 is 3.33. The maximum Gasteiger partial charge on any atom is 0.340 e. The molecule has 6 heteroatoms. The first-order valence-corrected chi connectivity index (χ1v) is 6.87. The zero-order valence-electron chi connectivity index (χ0n) is 11.1. The van der Waals surface area contributed by atoms with Crippen LogP contribution in [0.1, 0.15) is 15.9 Å². The summed E-state index contributed by atoms with van der Waals surface area (Å²) in [4.78, 5) is 11.3. The highest BCUT2D eigenvalue weighted by molar-refractivity contribution is 9.10. The van der Waals surface area contributed by atoms with Gasteiger partial charge in [-0.05, 0) is 29.8 Å². The molecule has 0 spiro atoms. The van der Waals surface area contributed by atoms with Crippen molar-refractivity contribution in [2.24, 2.45) is 0 Å². The minimum Gasteiger partial charge on any atom is -0.465 e. The zero-order valence-corrected chi connectivity index (χ0v) is 12.7. The van der Waals surface area contributed by atoms with E-state index in [9.17, 15) is 13.6 Å². The van der Waals surface area contributed by atoms with Gasteiger partial charge in [-0.15, -0.1) is 0 Å². The van der Waals surface area contributed by atoms with Gasteiger partial charge in [-0.25, -0.2) is 13.6 Å². The number of nitrogens with one attached hydrogen (secondary N) is 1. The van der Waals surface area contributed by atoms with Crippen LogP contribution in [0.5, 0.6) is 0 Å². The largest absolute Gasteiger partial charge is 0.465 e. The van der Waals surface area contributed by atoms with Gasteiger partial charge in [0.05, 0.1) is 18.4 Å². The Morgan fingerprint density at radius 3 is 2.67 bits per heavy atom. The summed E-state index contributed by atoms with van der Waals surface area (Å²) in [6.45, 7) is 0.327. The molecule has 0 heterocycles. The minimum absolute atomic E-state index is 0.0138. The summed E-state index contributed by atoms with van der Waals surface area (Å²) in [5.74, 6) is -3.24. The van der Waals surface area contributed by atoms with Gasteiger partial charge in [0.1, 0.15) is 0 Å². The highest BCUT2D eigenvalue weighted by Gasteiger charge is 2.18. The molecule has 110 valence electrons. The van der Waals surface area contributed by atoms with Crippen LogP contribution in [0.4, 0.5) is 14.5 Å². The molecule has 1 N–H and O–H groups in total. The molecule has 0 radical (unpaired) electrons. The van der Waals surface area contributed by atoms with Gasteiger partial charge in [-0.1, -0.05) is 28.1 Å². The standard InChI is InChI=1S/C15H12BrF2NO2/c1-21-15(20)11-5-6-12(14(18)13(11)17)19-8-9-3-2-4-10(16)7-9/h2-7,19H,8H2,1H3. The Kier molecular flexibility index (Phi) is 4.90. The second-order valence-corrected chi connectivity index (χ2v) is 5.18. The van der Waals surface area contributed by atoms with Crippen LogP contribution in [-0.4, -0.2) is 13.1 Å². The van der Waals surface area contributed by atoms with Gasteiger partial charge >= 0.3 is 5.97 Å². The van der Waals surface area contributed by atoms with E-state index >= 15 is 0 Å². The molecular weight excluding hydrogens is 344 g/mol. The molecule has 0 amide bonds. The molecule has 0 saturated heterocycles. The van der Waals surface area contributed by atoms with Crippen LogP contribution in [0, 0.1) is 11.6 Å². The van der Waals surface area contributed by atoms with Crippen molar-refractivity contribution in [1.82, 2.24) is 0 Å². The molecule has 3 nitrogen and oxygen atoms in total. The fourth-order valence-electron chi connectivity index (χ4n) is 1.80. The lowest BCUT2D eigenvalue weighted by Gasteiger charge is -2.10. The Labute approximate surface area is 129 Å². The van der Waals surface area contributed by atoms with E-state index in [2.05, 4.69) is 26.0 Å². The summed E-state index contributed by atoms with van der Waals surface area (Å²) in [7, 11) is 1.11. The lowest BCUT2D eigenvalue weighted by Crippen LogP contribution is -2.09. The molecule has 0 aliphatic heterocycles. The van der Waals surface area contributed by atoms with Crippen molar-refractivity contribution < 1.29 is 18.3 Å². The second kappa shape index (κ2) is 6.67. The predicted octanol–water partition coefficient (Wildman–Crippen LogP) is 4.13. The summed E-state index contributed by atoms with van der Waals surface area (Å²) in [5.41, 5.74) is 0.462. The lowest BCUT2D eigenvalue weighted by atomic mass is 10.1.